The van der Waals surface area contributed by atoms with Crippen molar-refractivity contribution in [1.82, 2.24) is 63.8 Å². The maximum absolute atomic E-state index is 14.9. The molecule has 14 N–H and O–H groups in total. The highest BCUT2D eigenvalue weighted by atomic mass is 33.1. The summed E-state index contributed by atoms with van der Waals surface area (Å²) in [4.78, 5) is 177. The van der Waals surface area contributed by atoms with E-state index in [4.69, 9.17) is 14.2 Å². The third-order valence-electron chi connectivity index (χ3n) is 16.2. The summed E-state index contributed by atoms with van der Waals surface area (Å²) in [7, 11) is 2.96. The quantitative estimate of drug-likeness (QED) is 0.0172. The summed E-state index contributed by atoms with van der Waals surface area (Å²) in [6.07, 6.45) is -1.48. The maximum atomic E-state index is 14.9. The van der Waals surface area contributed by atoms with Crippen molar-refractivity contribution < 1.29 is 86.8 Å². The molecule has 4 rings (SSSR count). The SMILES string of the molecule is CCSSC[C@H](NC(=O)OC(C)(C)C)C(=O)NCCOCCOCC(=O)NCC(=O)N[C@H](C(=O)N[C@@H](CC(=O)NC(c1ccccc1)(c1ccccc1)c1ccccc1)C(=O)N[C@@H](C)C(=O)N[C@@H](CO)C(=O)N[C@@H](CC)C(=O)N[C@@H](CC)C(=O)N[C@@H](CC(C)C)C(=O)N[C@@H](Cc1ccccc1)C(=O)O)C(C)C. The predicted molar refractivity (Wildman–Crippen MR) is 404 cm³/mol. The third-order valence-corrected chi connectivity index (χ3v) is 18.7. The Bertz CT molecular complexity index is 3450. The zero-order valence-electron chi connectivity index (χ0n) is 62.5. The number of aliphatic hydroxyl groups excluding tert-OH is 1. The highest BCUT2D eigenvalue weighted by molar-refractivity contribution is 8.76. The molecule has 0 aromatic heterocycles. The number of carboxylic acids is 1. The summed E-state index contributed by atoms with van der Waals surface area (Å²) in [5.41, 5.74) is 0.347. The normalized spacial score (nSPS) is 13.9. The molecule has 4 aromatic rings. The van der Waals surface area contributed by atoms with E-state index >= 15 is 0 Å². The summed E-state index contributed by atoms with van der Waals surface area (Å²) in [6, 6.07) is 23.2. The van der Waals surface area contributed by atoms with Crippen LogP contribution in [0.25, 0.3) is 0 Å². The number of rotatable bonds is 46. The number of carbonyl (C=O) groups is 13. The zero-order chi connectivity index (χ0) is 79.2. The summed E-state index contributed by atoms with van der Waals surface area (Å²) in [5, 5.41) is 51.5. The first-order chi connectivity index (χ1) is 50.9. The Hall–Kier alpha value is -9.63. The largest absolute Gasteiger partial charge is 0.480 e. The van der Waals surface area contributed by atoms with Crippen LogP contribution in [0.4, 0.5) is 4.79 Å². The Kier molecular flexibility index (Phi) is 39.0. The molecule has 0 heterocycles. The minimum Gasteiger partial charge on any atom is -0.480 e. The van der Waals surface area contributed by atoms with Crippen LogP contribution in [0.1, 0.15) is 124 Å². The van der Waals surface area contributed by atoms with E-state index in [2.05, 4.69) is 63.8 Å². The van der Waals surface area contributed by atoms with Crippen LogP contribution >= 0.6 is 21.6 Å². The second-order valence-corrected chi connectivity index (χ2v) is 29.6. The number of nitrogens with one attached hydrogen (secondary N) is 12. The Morgan fingerprint density at radius 1 is 0.467 bits per heavy atom. The molecule has 12 amide bonds. The average Bonchev–Trinajstić information content (AvgIpc) is 0.754. The van der Waals surface area contributed by atoms with Crippen molar-refractivity contribution in [3.8, 4) is 0 Å². The molecular formula is C75H106N12O18S2. The molecule has 0 radical (unpaired) electrons. The Morgan fingerprint density at radius 3 is 1.44 bits per heavy atom. The lowest BCUT2D eigenvalue weighted by Gasteiger charge is -2.37. The van der Waals surface area contributed by atoms with Gasteiger partial charge in [0.05, 0.1) is 39.4 Å². The van der Waals surface area contributed by atoms with Crippen LogP contribution in [0, 0.1) is 11.8 Å². The molecule has 0 saturated heterocycles. The number of aliphatic carboxylic acids is 1. The fourth-order valence-corrected chi connectivity index (χ4v) is 12.5. The number of hydrogen-bond donors (Lipinski definition) is 14. The molecule has 32 heteroatoms. The Balaban J connectivity index is 1.45. The Labute approximate surface area is 632 Å². The lowest BCUT2D eigenvalue weighted by Crippen LogP contribution is -2.61. The van der Waals surface area contributed by atoms with Crippen molar-refractivity contribution in [1.29, 1.82) is 0 Å². The van der Waals surface area contributed by atoms with Crippen LogP contribution in [0.5, 0.6) is 0 Å². The van der Waals surface area contributed by atoms with Crippen LogP contribution in [-0.4, -0.2) is 205 Å². The van der Waals surface area contributed by atoms with Crippen molar-refractivity contribution >= 4 is 98.6 Å². The summed E-state index contributed by atoms with van der Waals surface area (Å²) < 4.78 is 16.2. The van der Waals surface area contributed by atoms with Gasteiger partial charge in [-0.05, 0) is 81.0 Å². The van der Waals surface area contributed by atoms with Gasteiger partial charge in [0.2, 0.25) is 65.0 Å². The molecule has 0 bridgehead atoms. The first-order valence-electron chi connectivity index (χ1n) is 35.6. The van der Waals surface area contributed by atoms with Crippen LogP contribution in [0.2, 0.25) is 0 Å². The van der Waals surface area contributed by atoms with Gasteiger partial charge in [-0.25, -0.2) is 9.59 Å². The molecule has 0 aliphatic rings. The van der Waals surface area contributed by atoms with Gasteiger partial charge in [-0.3, -0.25) is 52.7 Å². The van der Waals surface area contributed by atoms with E-state index in [1.54, 1.807) is 147 Å². The number of benzene rings is 4. The van der Waals surface area contributed by atoms with Crippen molar-refractivity contribution in [2.75, 3.05) is 57.6 Å². The van der Waals surface area contributed by atoms with Gasteiger partial charge in [0.1, 0.15) is 72.1 Å². The number of alkyl carbamates (subject to hydrolysis) is 1. The molecule has 30 nitrogen and oxygen atoms in total. The fraction of sp³-hybridized carbons (Fsp3) is 0.507. The maximum Gasteiger partial charge on any atom is 0.408 e. The molecule has 0 spiro atoms. The van der Waals surface area contributed by atoms with E-state index < -0.39 is 175 Å². The van der Waals surface area contributed by atoms with Gasteiger partial charge < -0.3 is 88.2 Å². The van der Waals surface area contributed by atoms with Crippen molar-refractivity contribution in [2.24, 2.45) is 11.8 Å². The average molecular weight is 1530 g/mol. The second kappa shape index (κ2) is 46.4. The smallest absolute Gasteiger partial charge is 0.408 e. The molecule has 586 valence electrons. The summed E-state index contributed by atoms with van der Waals surface area (Å²) >= 11 is 0. The summed E-state index contributed by atoms with van der Waals surface area (Å²) in [5.74, 6) is -10.3. The molecule has 0 fully saturated rings. The number of amides is 12. The predicted octanol–water partition coefficient (Wildman–Crippen LogP) is 2.78. The molecule has 0 unspecified atom stereocenters. The topological polar surface area (TPSA) is 434 Å². The van der Waals surface area contributed by atoms with Gasteiger partial charge in [-0.15, -0.1) is 0 Å². The van der Waals surface area contributed by atoms with Gasteiger partial charge >= 0.3 is 12.1 Å². The van der Waals surface area contributed by atoms with Crippen LogP contribution in [0.3, 0.4) is 0 Å². The minimum atomic E-state index is -1.79. The molecule has 0 aliphatic heterocycles. The monoisotopic (exact) mass is 1530 g/mol. The molecule has 4 aromatic carbocycles. The zero-order valence-corrected chi connectivity index (χ0v) is 64.2. The first-order valence-corrected chi connectivity index (χ1v) is 38.1. The number of carboxylic acid groups (broad SMARTS) is 1. The molecule has 0 aliphatic carbocycles. The van der Waals surface area contributed by atoms with E-state index in [1.807, 2.05) is 43.3 Å². The summed E-state index contributed by atoms with van der Waals surface area (Å²) in [6.45, 7) is 16.3. The minimum absolute atomic E-state index is 0.00950. The van der Waals surface area contributed by atoms with Crippen molar-refractivity contribution in [3.63, 3.8) is 0 Å². The number of carbonyl (C=O) groups excluding carboxylic acids is 12. The van der Waals surface area contributed by atoms with Crippen LogP contribution < -0.4 is 63.8 Å². The molecule has 0 saturated carbocycles. The fourth-order valence-electron chi connectivity index (χ4n) is 10.7. The highest BCUT2D eigenvalue weighted by Crippen LogP contribution is 2.37. The van der Waals surface area contributed by atoms with Gasteiger partial charge in [-0.2, -0.15) is 0 Å². The van der Waals surface area contributed by atoms with Gasteiger partial charge in [0.15, 0.2) is 0 Å². The van der Waals surface area contributed by atoms with E-state index in [1.165, 1.54) is 28.5 Å². The van der Waals surface area contributed by atoms with Gasteiger partial charge in [0, 0.05) is 24.5 Å². The van der Waals surface area contributed by atoms with E-state index in [9.17, 15) is 72.5 Å². The van der Waals surface area contributed by atoms with E-state index in [0.717, 1.165) is 5.75 Å². The number of ether oxygens (including phenoxy) is 3. The first kappa shape index (κ1) is 89.8. The highest BCUT2D eigenvalue weighted by Gasteiger charge is 2.41. The molecular weight excluding hydrogens is 1420 g/mol. The molecule has 9 atom stereocenters. The van der Waals surface area contributed by atoms with Gasteiger partial charge in [-0.1, -0.05) is 191 Å². The van der Waals surface area contributed by atoms with E-state index in [0.29, 0.717) is 28.0 Å². The standard InChI is InChI=1S/C75H106N12O18S2/c1-12-53(66(94)79-54(13-2)67(95)81-55(39-46(4)5)69(97)83-57(72(100)101)40-49-27-19-15-20-28-49)80-70(98)58(43-88)84-64(92)48(8)78-68(96)56(41-60(89)87-75(50-29-21-16-22-30-50,51-31-23-17-24-32-51)52-33-25-18-26-34-52)82-71(99)63(47(6)7)86-61(90)42-77-62(91)44-104-38-37-103-36-35-76-65(93)59(45-107-106-14-3)85-73(102)105-74(9,10)11/h15-34,46-48,53-59,63,88H,12-14,35-45H2,1-11H3,(H,76,93)(H,77,91)(H,78,96)(H,79,94)(H,80,98)(H,81,95)(H,82,99)(H,83,97)(H,84,92)(H,85,102)(H,86,90)(H,87,89)(H,100,101)/t48-,53-,54-,55-,56-,57-,58-,59-,63-/m0/s1. The molecule has 107 heavy (non-hydrogen) atoms. The van der Waals surface area contributed by atoms with Gasteiger partial charge in [0.25, 0.3) is 0 Å². The van der Waals surface area contributed by atoms with Crippen LogP contribution in [-0.2, 0) is 83.7 Å². The number of aliphatic hydroxyl groups is 1. The van der Waals surface area contributed by atoms with Crippen molar-refractivity contribution in [2.45, 2.75) is 174 Å². The lowest BCUT2D eigenvalue weighted by molar-refractivity contribution is -0.142. The Morgan fingerprint density at radius 2 is 0.944 bits per heavy atom. The number of hydrogen-bond acceptors (Lipinski definition) is 19. The second-order valence-electron chi connectivity index (χ2n) is 26.8. The third kappa shape index (κ3) is 31.4. The van der Waals surface area contributed by atoms with Crippen molar-refractivity contribution in [3.05, 3.63) is 144 Å². The lowest BCUT2D eigenvalue weighted by atomic mass is 9.77. The van der Waals surface area contributed by atoms with E-state index in [-0.39, 0.29) is 58.0 Å². The van der Waals surface area contributed by atoms with Crippen LogP contribution in [0.15, 0.2) is 121 Å².